The lowest BCUT2D eigenvalue weighted by Crippen LogP contribution is -2.46. The molecule has 3 heterocycles. The minimum absolute atomic E-state index is 0.0985. The van der Waals surface area contributed by atoms with Crippen LogP contribution in [0, 0.1) is 5.92 Å². The van der Waals surface area contributed by atoms with Crippen LogP contribution in [0.15, 0.2) is 0 Å². The van der Waals surface area contributed by atoms with E-state index in [9.17, 15) is 14.7 Å². The van der Waals surface area contributed by atoms with Crippen LogP contribution in [0.4, 0.5) is 0 Å². The molecule has 2 bridgehead atoms. The van der Waals surface area contributed by atoms with E-state index < -0.39 is 18.1 Å². The lowest BCUT2D eigenvalue weighted by Gasteiger charge is -2.28. The number of aliphatic carboxylic acids is 1. The van der Waals surface area contributed by atoms with E-state index >= 15 is 0 Å². The number of nitrogens with one attached hydrogen (secondary N) is 1. The summed E-state index contributed by atoms with van der Waals surface area (Å²) >= 11 is 0. The predicted octanol–water partition coefficient (Wildman–Crippen LogP) is -0.827. The van der Waals surface area contributed by atoms with Crippen LogP contribution in [0.25, 0.3) is 0 Å². The Morgan fingerprint density at radius 3 is 2.56 bits per heavy atom. The molecule has 6 heteroatoms. The summed E-state index contributed by atoms with van der Waals surface area (Å²) in [4.78, 5) is 24.9. The van der Waals surface area contributed by atoms with Crippen molar-refractivity contribution in [3.8, 4) is 0 Å². The van der Waals surface area contributed by atoms with Gasteiger partial charge in [-0.05, 0) is 19.3 Å². The first-order valence-corrected chi connectivity index (χ1v) is 6.53. The minimum atomic E-state index is -1.02. The normalized spacial score (nSPS) is 42.5. The van der Waals surface area contributed by atoms with Crippen LogP contribution in [0.5, 0.6) is 0 Å². The van der Waals surface area contributed by atoms with Crippen molar-refractivity contribution >= 4 is 11.9 Å². The Labute approximate surface area is 105 Å². The number of rotatable bonds is 2. The highest BCUT2D eigenvalue weighted by Crippen LogP contribution is 2.35. The average molecular weight is 254 g/mol. The molecule has 5 atom stereocenters. The molecular formula is C12H18N2O4. The molecule has 0 spiro atoms. The standard InChI is InChI=1S/C12H18N2O4/c15-7-4-10(12(17)18)14(5-7)11(16)8-3-6-1-2-9(8)13-6/h6-10,13,15H,1-5H2,(H,17,18)/t6?,7-,8?,9?,10+/m1/s1. The first-order valence-electron chi connectivity index (χ1n) is 6.53. The number of nitrogens with zero attached hydrogens (tertiary/aromatic N) is 1. The maximum atomic E-state index is 12.4. The maximum Gasteiger partial charge on any atom is 0.326 e. The Balaban J connectivity index is 1.73. The van der Waals surface area contributed by atoms with Gasteiger partial charge in [0.15, 0.2) is 0 Å². The molecule has 3 aliphatic heterocycles. The minimum Gasteiger partial charge on any atom is -0.480 e. The van der Waals surface area contributed by atoms with Crippen LogP contribution in [0.2, 0.25) is 0 Å². The van der Waals surface area contributed by atoms with Gasteiger partial charge in [0.05, 0.1) is 12.0 Å². The summed E-state index contributed by atoms with van der Waals surface area (Å²) in [6, 6.07) is -0.235. The number of carbonyl (C=O) groups excluding carboxylic acids is 1. The van der Waals surface area contributed by atoms with Crippen LogP contribution in [0.3, 0.4) is 0 Å². The predicted molar refractivity (Wildman–Crippen MR) is 61.8 cm³/mol. The third-order valence-electron chi connectivity index (χ3n) is 4.46. The van der Waals surface area contributed by atoms with Gasteiger partial charge in [0, 0.05) is 25.0 Å². The Kier molecular flexibility index (Phi) is 2.79. The quantitative estimate of drug-likeness (QED) is 0.598. The lowest BCUT2D eigenvalue weighted by molar-refractivity contribution is -0.150. The Morgan fingerprint density at radius 2 is 2.00 bits per heavy atom. The number of hydrogen-bond donors (Lipinski definition) is 3. The fraction of sp³-hybridized carbons (Fsp3) is 0.833. The van der Waals surface area contributed by atoms with Gasteiger partial charge in [0.2, 0.25) is 5.91 Å². The fourth-order valence-corrected chi connectivity index (χ4v) is 3.60. The first kappa shape index (κ1) is 11.9. The molecular weight excluding hydrogens is 236 g/mol. The number of likely N-dealkylation sites (tertiary alicyclic amines) is 1. The Bertz CT molecular complexity index is 386. The van der Waals surface area contributed by atoms with E-state index in [1.165, 1.54) is 4.90 Å². The zero-order valence-electron chi connectivity index (χ0n) is 10.1. The number of fused-ring (bicyclic) bond motifs is 2. The summed E-state index contributed by atoms with van der Waals surface area (Å²) in [5, 5.41) is 22.1. The van der Waals surface area contributed by atoms with Crippen molar-refractivity contribution in [1.29, 1.82) is 0 Å². The van der Waals surface area contributed by atoms with Gasteiger partial charge in [0.25, 0.3) is 0 Å². The first-order chi connectivity index (χ1) is 8.56. The van der Waals surface area contributed by atoms with Gasteiger partial charge < -0.3 is 20.4 Å². The van der Waals surface area contributed by atoms with Crippen LogP contribution < -0.4 is 5.32 Å². The molecule has 3 unspecified atom stereocenters. The highest BCUT2D eigenvalue weighted by Gasteiger charge is 2.48. The molecule has 100 valence electrons. The molecule has 3 N–H and O–H groups in total. The van der Waals surface area contributed by atoms with Crippen molar-refractivity contribution in [3.63, 3.8) is 0 Å². The van der Waals surface area contributed by atoms with Crippen LogP contribution >= 0.6 is 0 Å². The number of amides is 1. The van der Waals surface area contributed by atoms with E-state index in [1.807, 2.05) is 0 Å². The number of β-amino-alcohol motifs (C(OH)–C–C–N with tert-alkyl or cyclic N) is 1. The van der Waals surface area contributed by atoms with Gasteiger partial charge in [-0.25, -0.2) is 4.79 Å². The second-order valence-electron chi connectivity index (χ2n) is 5.62. The van der Waals surface area contributed by atoms with Crippen LogP contribution in [0.1, 0.15) is 25.7 Å². The van der Waals surface area contributed by atoms with E-state index in [1.54, 1.807) is 0 Å². The summed E-state index contributed by atoms with van der Waals surface area (Å²) in [5.74, 6) is -1.22. The van der Waals surface area contributed by atoms with E-state index in [0.29, 0.717) is 6.04 Å². The van der Waals surface area contributed by atoms with E-state index in [0.717, 1.165) is 19.3 Å². The van der Waals surface area contributed by atoms with E-state index in [2.05, 4.69) is 5.32 Å². The summed E-state index contributed by atoms with van der Waals surface area (Å²) in [7, 11) is 0. The molecule has 0 aromatic carbocycles. The molecule has 0 saturated carbocycles. The topological polar surface area (TPSA) is 89.9 Å². The zero-order valence-corrected chi connectivity index (χ0v) is 10.1. The molecule has 0 aliphatic carbocycles. The number of aliphatic hydroxyl groups excluding tert-OH is 1. The maximum absolute atomic E-state index is 12.4. The smallest absolute Gasteiger partial charge is 0.326 e. The number of carboxylic acid groups (broad SMARTS) is 1. The van der Waals surface area contributed by atoms with Crippen LogP contribution in [-0.4, -0.2) is 57.8 Å². The SMILES string of the molecule is O=C(O)[C@@H]1C[C@@H](O)CN1C(=O)C1CC2CCC1N2. The largest absolute Gasteiger partial charge is 0.480 e. The molecule has 6 nitrogen and oxygen atoms in total. The van der Waals surface area contributed by atoms with Gasteiger partial charge >= 0.3 is 5.97 Å². The third-order valence-corrected chi connectivity index (χ3v) is 4.46. The summed E-state index contributed by atoms with van der Waals surface area (Å²) in [6.45, 7) is 0.156. The van der Waals surface area contributed by atoms with Crippen molar-refractivity contribution in [1.82, 2.24) is 10.2 Å². The molecule has 3 rings (SSSR count). The highest BCUT2D eigenvalue weighted by atomic mass is 16.4. The molecule has 18 heavy (non-hydrogen) atoms. The van der Waals surface area contributed by atoms with Gasteiger partial charge in [-0.1, -0.05) is 0 Å². The van der Waals surface area contributed by atoms with Gasteiger partial charge in [0.1, 0.15) is 6.04 Å². The Hall–Kier alpha value is -1.14. The van der Waals surface area contributed by atoms with Crippen molar-refractivity contribution < 1.29 is 19.8 Å². The average Bonchev–Trinajstić information content (AvgIpc) is 3.01. The fourth-order valence-electron chi connectivity index (χ4n) is 3.60. The van der Waals surface area contributed by atoms with Crippen LogP contribution in [-0.2, 0) is 9.59 Å². The molecule has 3 fully saturated rings. The molecule has 0 radical (unpaired) electrons. The summed E-state index contributed by atoms with van der Waals surface area (Å²) in [5.41, 5.74) is 0. The van der Waals surface area contributed by atoms with Crippen molar-refractivity contribution in [2.75, 3.05) is 6.54 Å². The lowest BCUT2D eigenvalue weighted by atomic mass is 9.88. The number of hydrogen-bond acceptors (Lipinski definition) is 4. The van der Waals surface area contributed by atoms with Gasteiger partial charge in [-0.3, -0.25) is 4.79 Å². The number of carboxylic acids is 1. The van der Waals surface area contributed by atoms with Crippen molar-refractivity contribution in [2.24, 2.45) is 5.92 Å². The number of carbonyl (C=O) groups is 2. The molecule has 1 amide bonds. The molecule has 0 aromatic heterocycles. The second-order valence-corrected chi connectivity index (χ2v) is 5.62. The van der Waals surface area contributed by atoms with Crippen molar-refractivity contribution in [3.05, 3.63) is 0 Å². The zero-order chi connectivity index (χ0) is 12.9. The number of aliphatic hydroxyl groups is 1. The second kappa shape index (κ2) is 4.20. The monoisotopic (exact) mass is 254 g/mol. The van der Waals surface area contributed by atoms with E-state index in [4.69, 9.17) is 5.11 Å². The van der Waals surface area contributed by atoms with Gasteiger partial charge in [-0.2, -0.15) is 0 Å². The highest BCUT2D eigenvalue weighted by molar-refractivity contribution is 5.86. The summed E-state index contributed by atoms with van der Waals surface area (Å²) < 4.78 is 0. The van der Waals surface area contributed by atoms with Gasteiger partial charge in [-0.15, -0.1) is 0 Å². The van der Waals surface area contributed by atoms with E-state index in [-0.39, 0.29) is 30.8 Å². The Morgan fingerprint density at radius 1 is 1.22 bits per heavy atom. The van der Waals surface area contributed by atoms with Crippen molar-refractivity contribution in [2.45, 2.75) is 49.9 Å². The third kappa shape index (κ3) is 1.80. The molecule has 3 aliphatic rings. The molecule has 3 saturated heterocycles. The summed E-state index contributed by atoms with van der Waals surface area (Å²) in [6.07, 6.45) is 2.36. The molecule has 0 aromatic rings.